The molecule has 2 unspecified atom stereocenters. The van der Waals surface area contributed by atoms with Crippen molar-refractivity contribution in [2.45, 2.75) is 103 Å². The molecule has 180 valence electrons. The van der Waals surface area contributed by atoms with Crippen molar-refractivity contribution in [3.8, 4) is 0 Å². The molecule has 0 N–H and O–H groups in total. The van der Waals surface area contributed by atoms with Crippen molar-refractivity contribution >= 4 is 10.8 Å². The summed E-state index contributed by atoms with van der Waals surface area (Å²) in [4.78, 5) is 0. The molecular formula is C31H42F2. The zero-order valence-corrected chi connectivity index (χ0v) is 20.6. The van der Waals surface area contributed by atoms with E-state index in [1.165, 1.54) is 82.6 Å². The molecule has 33 heavy (non-hydrogen) atoms. The van der Waals surface area contributed by atoms with Gasteiger partial charge in [0, 0.05) is 5.39 Å². The first-order valence-electron chi connectivity index (χ1n) is 13.6. The third kappa shape index (κ3) is 5.87. The molecule has 2 aliphatic rings. The van der Waals surface area contributed by atoms with Gasteiger partial charge in [0.2, 0.25) is 0 Å². The summed E-state index contributed by atoms with van der Waals surface area (Å²) in [5, 5.41) is 1.26. The monoisotopic (exact) mass is 452 g/mol. The van der Waals surface area contributed by atoms with Crippen LogP contribution >= 0.6 is 0 Å². The van der Waals surface area contributed by atoms with E-state index in [0.29, 0.717) is 29.7 Å². The maximum absolute atomic E-state index is 14.9. The standard InChI is InChI=1S/C31H42F2/c1-3-5-7-8-9-10-22-12-13-24-19-25(15-14-23(24)18-22)26-16-17-27-20-28(11-6-4-2)30(32)31(33)29(27)21-26/h4,16-17,20-25H,2-3,5-15,18-19H2,1H3/t22?,23-,24?,25-/m1/s1. The predicted octanol–water partition coefficient (Wildman–Crippen LogP) is 9.90. The minimum absolute atomic E-state index is 0.446. The lowest BCUT2D eigenvalue weighted by Crippen LogP contribution is -2.30. The molecule has 2 aromatic carbocycles. The van der Waals surface area contributed by atoms with Crippen LogP contribution in [0.25, 0.3) is 10.8 Å². The molecule has 2 saturated carbocycles. The molecule has 0 radical (unpaired) electrons. The second-order valence-corrected chi connectivity index (χ2v) is 10.9. The van der Waals surface area contributed by atoms with E-state index in [1.54, 1.807) is 6.08 Å². The molecule has 0 heterocycles. The molecule has 2 fully saturated rings. The third-order valence-electron chi connectivity index (χ3n) is 8.64. The third-order valence-corrected chi connectivity index (χ3v) is 8.64. The van der Waals surface area contributed by atoms with Crippen LogP contribution in [0.3, 0.4) is 0 Å². The fraction of sp³-hybridized carbons (Fsp3) is 0.613. The van der Waals surface area contributed by atoms with Crippen LogP contribution in [-0.4, -0.2) is 0 Å². The number of hydrogen-bond acceptors (Lipinski definition) is 0. The SMILES string of the molecule is C=CCCc1cc2ccc([C@@H]3CC[C@@H]4CC(CCCCCCC)CCC4C3)cc2c(F)c1F. The van der Waals surface area contributed by atoms with Crippen LogP contribution in [0.1, 0.15) is 107 Å². The zero-order chi connectivity index (χ0) is 23.2. The van der Waals surface area contributed by atoms with Gasteiger partial charge in [-0.25, -0.2) is 8.78 Å². The number of rotatable bonds is 10. The van der Waals surface area contributed by atoms with E-state index in [4.69, 9.17) is 0 Å². The average molecular weight is 453 g/mol. The van der Waals surface area contributed by atoms with E-state index >= 15 is 0 Å². The van der Waals surface area contributed by atoms with E-state index in [0.717, 1.165) is 23.1 Å². The van der Waals surface area contributed by atoms with E-state index in [1.807, 2.05) is 18.2 Å². The molecule has 2 aromatic rings. The number of aryl methyl sites for hydroxylation is 1. The van der Waals surface area contributed by atoms with Gasteiger partial charge in [0.15, 0.2) is 11.6 Å². The number of benzene rings is 2. The Morgan fingerprint density at radius 2 is 1.70 bits per heavy atom. The average Bonchev–Trinajstić information content (AvgIpc) is 2.84. The van der Waals surface area contributed by atoms with Crippen LogP contribution in [0.2, 0.25) is 0 Å². The van der Waals surface area contributed by atoms with Crippen LogP contribution < -0.4 is 0 Å². The highest BCUT2D eigenvalue weighted by Crippen LogP contribution is 2.48. The summed E-state index contributed by atoms with van der Waals surface area (Å²) in [5.74, 6) is 1.78. The van der Waals surface area contributed by atoms with E-state index in [9.17, 15) is 8.78 Å². The van der Waals surface area contributed by atoms with Crippen LogP contribution in [0, 0.1) is 29.4 Å². The van der Waals surface area contributed by atoms with Crippen molar-refractivity contribution in [3.63, 3.8) is 0 Å². The van der Waals surface area contributed by atoms with Crippen molar-refractivity contribution < 1.29 is 8.78 Å². The highest BCUT2D eigenvalue weighted by molar-refractivity contribution is 5.85. The number of fused-ring (bicyclic) bond motifs is 2. The molecule has 2 heteroatoms. The van der Waals surface area contributed by atoms with Gasteiger partial charge in [-0.2, -0.15) is 0 Å². The Morgan fingerprint density at radius 3 is 2.52 bits per heavy atom. The van der Waals surface area contributed by atoms with Gasteiger partial charge in [-0.3, -0.25) is 0 Å². The molecule has 0 aliphatic heterocycles. The van der Waals surface area contributed by atoms with Gasteiger partial charge in [-0.15, -0.1) is 6.58 Å². The number of halogens is 2. The quantitative estimate of drug-likeness (QED) is 0.248. The lowest BCUT2D eigenvalue weighted by Gasteiger charge is -2.42. The maximum Gasteiger partial charge on any atom is 0.166 e. The Hall–Kier alpha value is -1.70. The smallest absolute Gasteiger partial charge is 0.166 e. The van der Waals surface area contributed by atoms with Gasteiger partial charge in [0.25, 0.3) is 0 Å². The fourth-order valence-corrected chi connectivity index (χ4v) is 6.68. The zero-order valence-electron chi connectivity index (χ0n) is 20.6. The van der Waals surface area contributed by atoms with Gasteiger partial charge >= 0.3 is 0 Å². The summed E-state index contributed by atoms with van der Waals surface area (Å²) in [6.07, 6.45) is 19.2. The Bertz CT molecular complexity index is 930. The van der Waals surface area contributed by atoms with Crippen LogP contribution in [0.4, 0.5) is 8.78 Å². The van der Waals surface area contributed by atoms with Gasteiger partial charge in [-0.1, -0.05) is 70.1 Å². The van der Waals surface area contributed by atoms with E-state index in [-0.39, 0.29) is 0 Å². The van der Waals surface area contributed by atoms with Crippen LogP contribution in [0.15, 0.2) is 36.9 Å². The number of hydrogen-bond donors (Lipinski definition) is 0. The van der Waals surface area contributed by atoms with Gasteiger partial charge in [0.05, 0.1) is 0 Å². The normalized spacial score (nSPS) is 25.2. The summed E-state index contributed by atoms with van der Waals surface area (Å²) in [7, 11) is 0. The van der Waals surface area contributed by atoms with E-state index in [2.05, 4.69) is 19.6 Å². The minimum atomic E-state index is -0.682. The molecule has 4 rings (SSSR count). The number of allylic oxidation sites excluding steroid dienone is 1. The molecule has 0 amide bonds. The summed E-state index contributed by atoms with van der Waals surface area (Å²) in [5.41, 5.74) is 1.66. The molecule has 0 spiro atoms. The summed E-state index contributed by atoms with van der Waals surface area (Å²) >= 11 is 0. The Kier molecular flexibility index (Phi) is 8.61. The largest absolute Gasteiger partial charge is 0.203 e. The molecule has 0 nitrogen and oxygen atoms in total. The second kappa shape index (κ2) is 11.6. The van der Waals surface area contributed by atoms with Gasteiger partial charge in [-0.05, 0) is 97.3 Å². The highest BCUT2D eigenvalue weighted by atomic mass is 19.2. The first-order chi connectivity index (χ1) is 16.1. The molecular weight excluding hydrogens is 410 g/mol. The van der Waals surface area contributed by atoms with Crippen molar-refractivity contribution in [1.29, 1.82) is 0 Å². The second-order valence-electron chi connectivity index (χ2n) is 10.9. The molecule has 4 atom stereocenters. The van der Waals surface area contributed by atoms with Gasteiger partial charge in [0.1, 0.15) is 0 Å². The fourth-order valence-electron chi connectivity index (χ4n) is 6.68. The van der Waals surface area contributed by atoms with E-state index < -0.39 is 11.6 Å². The summed E-state index contributed by atoms with van der Waals surface area (Å²) in [6.45, 7) is 5.98. The Labute approximate surface area is 199 Å². The van der Waals surface area contributed by atoms with Crippen LogP contribution in [-0.2, 0) is 6.42 Å². The lowest BCUT2D eigenvalue weighted by molar-refractivity contribution is 0.113. The summed E-state index contributed by atoms with van der Waals surface area (Å²) in [6, 6.07) is 7.94. The first-order valence-corrected chi connectivity index (χ1v) is 13.6. The Morgan fingerprint density at radius 1 is 0.909 bits per heavy atom. The van der Waals surface area contributed by atoms with Crippen molar-refractivity contribution in [1.82, 2.24) is 0 Å². The Balaban J connectivity index is 1.38. The number of unbranched alkanes of at least 4 members (excludes halogenated alkanes) is 4. The van der Waals surface area contributed by atoms with Crippen molar-refractivity contribution in [2.24, 2.45) is 17.8 Å². The topological polar surface area (TPSA) is 0 Å². The van der Waals surface area contributed by atoms with Gasteiger partial charge < -0.3 is 0 Å². The minimum Gasteiger partial charge on any atom is -0.203 e. The molecule has 0 saturated heterocycles. The lowest BCUT2D eigenvalue weighted by atomic mass is 9.63. The first kappa shape index (κ1) is 24.4. The maximum atomic E-state index is 14.9. The molecule has 0 aromatic heterocycles. The summed E-state index contributed by atoms with van der Waals surface area (Å²) < 4.78 is 29.5. The molecule has 2 aliphatic carbocycles. The highest BCUT2D eigenvalue weighted by Gasteiger charge is 2.35. The predicted molar refractivity (Wildman–Crippen MR) is 137 cm³/mol. The van der Waals surface area contributed by atoms with Crippen molar-refractivity contribution in [2.75, 3.05) is 0 Å². The molecule has 0 bridgehead atoms. The van der Waals surface area contributed by atoms with Crippen molar-refractivity contribution in [3.05, 3.63) is 59.7 Å². The van der Waals surface area contributed by atoms with Crippen LogP contribution in [0.5, 0.6) is 0 Å².